The second-order valence-electron chi connectivity index (χ2n) is 7.75. The molecule has 0 aromatic heterocycles. The van der Waals surface area contributed by atoms with Crippen molar-refractivity contribution in [1.29, 1.82) is 0 Å². The molecule has 0 bridgehead atoms. The Morgan fingerprint density at radius 2 is 1.35 bits per heavy atom. The Kier molecular flexibility index (Phi) is 8.73. The molecule has 8 heteroatoms. The van der Waals surface area contributed by atoms with Crippen LogP contribution in [0.2, 0.25) is 0 Å². The Hall–Kier alpha value is -4.20. The van der Waals surface area contributed by atoms with Gasteiger partial charge in [0.1, 0.15) is 24.5 Å². The fraction of sp³-hybridized carbons (Fsp3) is 0.192. The Labute approximate surface area is 197 Å². The molecule has 3 rings (SSSR count). The maximum absolute atomic E-state index is 13.5. The van der Waals surface area contributed by atoms with Crippen LogP contribution in [0.3, 0.4) is 0 Å². The lowest BCUT2D eigenvalue weighted by Gasteiger charge is -2.22. The molecule has 0 aliphatic heterocycles. The lowest BCUT2D eigenvalue weighted by molar-refractivity contribution is -0.128. The number of amides is 3. The largest absolute Gasteiger partial charge is 0.445 e. The predicted molar refractivity (Wildman–Crippen MR) is 125 cm³/mol. The van der Waals surface area contributed by atoms with E-state index in [-0.39, 0.29) is 19.4 Å². The summed E-state index contributed by atoms with van der Waals surface area (Å²) < 4.78 is 18.8. The predicted octanol–water partition coefficient (Wildman–Crippen LogP) is 2.88. The Bertz CT molecular complexity index is 1110. The Balaban J connectivity index is 1.69. The molecule has 0 aliphatic rings. The molecule has 3 aromatic carbocycles. The zero-order chi connectivity index (χ0) is 24.3. The van der Waals surface area contributed by atoms with E-state index in [9.17, 15) is 18.8 Å². The first-order valence-electron chi connectivity index (χ1n) is 10.8. The molecule has 0 spiro atoms. The number of benzene rings is 3. The summed E-state index contributed by atoms with van der Waals surface area (Å²) >= 11 is 0. The van der Waals surface area contributed by atoms with Gasteiger partial charge in [0.05, 0.1) is 0 Å². The molecule has 0 heterocycles. The van der Waals surface area contributed by atoms with Crippen molar-refractivity contribution in [3.63, 3.8) is 0 Å². The van der Waals surface area contributed by atoms with Gasteiger partial charge in [-0.2, -0.15) is 0 Å². The second-order valence-corrected chi connectivity index (χ2v) is 7.75. The summed E-state index contributed by atoms with van der Waals surface area (Å²) in [6.07, 6.45) is -0.603. The summed E-state index contributed by atoms with van der Waals surface area (Å²) in [4.78, 5) is 37.5. The number of hydrogen-bond acceptors (Lipinski definition) is 4. The van der Waals surface area contributed by atoms with Crippen LogP contribution in [0.1, 0.15) is 16.7 Å². The maximum atomic E-state index is 13.5. The molecule has 0 radical (unpaired) electrons. The SMILES string of the molecule is NC(=O)[C@H](Cc1cccc(F)c1)NC(=O)[C@H](Cc1ccccc1)NC(=O)OCc1ccccc1. The first-order valence-corrected chi connectivity index (χ1v) is 10.8. The van der Waals surface area contributed by atoms with Crippen molar-refractivity contribution >= 4 is 17.9 Å². The van der Waals surface area contributed by atoms with Crippen LogP contribution < -0.4 is 16.4 Å². The molecule has 176 valence electrons. The third-order valence-electron chi connectivity index (χ3n) is 5.09. The van der Waals surface area contributed by atoms with Crippen LogP contribution in [0.5, 0.6) is 0 Å². The number of rotatable bonds is 10. The number of ether oxygens (including phenoxy) is 1. The number of halogens is 1. The highest BCUT2D eigenvalue weighted by Crippen LogP contribution is 2.09. The van der Waals surface area contributed by atoms with Crippen LogP contribution in [0, 0.1) is 5.82 Å². The van der Waals surface area contributed by atoms with Crippen LogP contribution in [0.4, 0.5) is 9.18 Å². The quantitative estimate of drug-likeness (QED) is 0.429. The highest BCUT2D eigenvalue weighted by molar-refractivity contribution is 5.91. The minimum atomic E-state index is -1.09. The lowest BCUT2D eigenvalue weighted by atomic mass is 10.0. The number of hydrogen-bond donors (Lipinski definition) is 3. The van der Waals surface area contributed by atoms with Gasteiger partial charge in [-0.25, -0.2) is 9.18 Å². The zero-order valence-corrected chi connectivity index (χ0v) is 18.4. The van der Waals surface area contributed by atoms with E-state index in [0.717, 1.165) is 11.1 Å². The normalized spacial score (nSPS) is 12.3. The lowest BCUT2D eigenvalue weighted by Crippen LogP contribution is -2.54. The van der Waals surface area contributed by atoms with Crippen LogP contribution in [-0.2, 0) is 33.8 Å². The van der Waals surface area contributed by atoms with Crippen molar-refractivity contribution in [2.24, 2.45) is 5.73 Å². The Morgan fingerprint density at radius 1 is 0.765 bits per heavy atom. The molecular formula is C26H26FN3O4. The van der Waals surface area contributed by atoms with Crippen molar-refractivity contribution < 1.29 is 23.5 Å². The van der Waals surface area contributed by atoms with Gasteiger partial charge in [0, 0.05) is 12.8 Å². The van der Waals surface area contributed by atoms with E-state index in [4.69, 9.17) is 10.5 Å². The summed E-state index contributed by atoms with van der Waals surface area (Å²) in [5, 5.41) is 5.15. The molecule has 0 saturated heterocycles. The van der Waals surface area contributed by atoms with Crippen molar-refractivity contribution in [3.8, 4) is 0 Å². The van der Waals surface area contributed by atoms with Gasteiger partial charge in [-0.1, -0.05) is 72.8 Å². The minimum absolute atomic E-state index is 0.00927. The van der Waals surface area contributed by atoms with Crippen molar-refractivity contribution in [3.05, 3.63) is 107 Å². The van der Waals surface area contributed by atoms with Crippen LogP contribution in [0.15, 0.2) is 84.9 Å². The summed E-state index contributed by atoms with van der Waals surface area (Å²) in [6, 6.07) is 21.8. The molecule has 2 atom stereocenters. The smallest absolute Gasteiger partial charge is 0.408 e. The average Bonchev–Trinajstić information content (AvgIpc) is 2.83. The van der Waals surface area contributed by atoms with E-state index in [2.05, 4.69) is 10.6 Å². The minimum Gasteiger partial charge on any atom is -0.445 e. The van der Waals surface area contributed by atoms with Crippen molar-refractivity contribution in [1.82, 2.24) is 10.6 Å². The molecule has 7 nitrogen and oxygen atoms in total. The molecule has 4 N–H and O–H groups in total. The van der Waals surface area contributed by atoms with E-state index in [1.165, 1.54) is 18.2 Å². The average molecular weight is 464 g/mol. The van der Waals surface area contributed by atoms with Crippen LogP contribution >= 0.6 is 0 Å². The second kappa shape index (κ2) is 12.2. The molecule has 3 amide bonds. The Morgan fingerprint density at radius 3 is 1.97 bits per heavy atom. The third kappa shape index (κ3) is 7.74. The van der Waals surface area contributed by atoms with E-state index in [0.29, 0.717) is 5.56 Å². The van der Waals surface area contributed by atoms with Crippen molar-refractivity contribution in [2.75, 3.05) is 0 Å². The van der Waals surface area contributed by atoms with Gasteiger partial charge >= 0.3 is 6.09 Å². The van der Waals surface area contributed by atoms with Gasteiger partial charge in [-0.05, 0) is 28.8 Å². The number of primary amides is 1. The van der Waals surface area contributed by atoms with Crippen LogP contribution in [0.25, 0.3) is 0 Å². The van der Waals surface area contributed by atoms with Crippen LogP contribution in [-0.4, -0.2) is 30.0 Å². The molecule has 0 aliphatic carbocycles. The fourth-order valence-electron chi connectivity index (χ4n) is 3.36. The number of alkyl carbamates (subject to hydrolysis) is 1. The summed E-state index contributed by atoms with van der Waals surface area (Å²) in [5.74, 6) is -1.85. The van der Waals surface area contributed by atoms with Gasteiger partial charge in [0.15, 0.2) is 0 Å². The van der Waals surface area contributed by atoms with Gasteiger partial charge < -0.3 is 21.1 Å². The molecule has 0 saturated carbocycles. The molecule has 34 heavy (non-hydrogen) atoms. The highest BCUT2D eigenvalue weighted by atomic mass is 19.1. The highest BCUT2D eigenvalue weighted by Gasteiger charge is 2.26. The van der Waals surface area contributed by atoms with E-state index in [1.54, 1.807) is 6.07 Å². The number of nitrogens with one attached hydrogen (secondary N) is 2. The standard InChI is InChI=1S/C26H26FN3O4/c27-21-13-7-12-20(14-21)16-22(24(28)31)29-25(32)23(15-18-8-3-1-4-9-18)30-26(33)34-17-19-10-5-2-6-11-19/h1-14,22-23H,15-17H2,(H2,28,31)(H,29,32)(H,30,33)/t22-,23-/m0/s1. The number of nitrogens with two attached hydrogens (primary N) is 1. The van der Waals surface area contributed by atoms with Crippen molar-refractivity contribution in [2.45, 2.75) is 31.5 Å². The third-order valence-corrected chi connectivity index (χ3v) is 5.09. The summed E-state index contributed by atoms with van der Waals surface area (Å²) in [7, 11) is 0. The van der Waals surface area contributed by atoms with Gasteiger partial charge in [-0.3, -0.25) is 9.59 Å². The van der Waals surface area contributed by atoms with Gasteiger partial charge in [-0.15, -0.1) is 0 Å². The van der Waals surface area contributed by atoms with E-state index in [1.807, 2.05) is 60.7 Å². The molecule has 3 aromatic rings. The topological polar surface area (TPSA) is 111 Å². The fourth-order valence-corrected chi connectivity index (χ4v) is 3.36. The molecule has 0 fully saturated rings. The first kappa shape index (κ1) is 24.4. The molecular weight excluding hydrogens is 437 g/mol. The van der Waals surface area contributed by atoms with E-state index < -0.39 is 35.8 Å². The zero-order valence-electron chi connectivity index (χ0n) is 18.4. The van der Waals surface area contributed by atoms with E-state index >= 15 is 0 Å². The maximum Gasteiger partial charge on any atom is 0.408 e. The molecule has 0 unspecified atom stereocenters. The summed E-state index contributed by atoms with van der Waals surface area (Å²) in [6.45, 7) is 0.0375. The van der Waals surface area contributed by atoms with Gasteiger partial charge in [0.25, 0.3) is 0 Å². The summed E-state index contributed by atoms with van der Waals surface area (Å²) in [5.41, 5.74) is 7.57. The monoisotopic (exact) mass is 463 g/mol. The number of carbonyl (C=O) groups excluding carboxylic acids is 3. The number of carbonyl (C=O) groups is 3. The first-order chi connectivity index (χ1) is 16.4. The van der Waals surface area contributed by atoms with Gasteiger partial charge in [0.2, 0.25) is 11.8 Å².